The Morgan fingerprint density at radius 3 is 2.62 bits per heavy atom. The number of ether oxygens (including phenoxy) is 1. The molecule has 0 unspecified atom stereocenters. The third-order valence-electron chi connectivity index (χ3n) is 4.54. The summed E-state index contributed by atoms with van der Waals surface area (Å²) in [6, 6.07) is 16.9. The number of hydrogen-bond acceptors (Lipinski definition) is 3. The van der Waals surface area contributed by atoms with Gasteiger partial charge in [0.05, 0.1) is 12.3 Å². The van der Waals surface area contributed by atoms with Crippen LogP contribution in [0.5, 0.6) is 5.75 Å². The Hall–Kier alpha value is -3.69. The SMILES string of the molecule is CCOc1cc(/C=C(\C#N)C(=O)Nc2ccccc2F)cc(Cl)c1Cc1cccc(F)c1. The quantitative estimate of drug-likeness (QED) is 0.345. The van der Waals surface area contributed by atoms with E-state index < -0.39 is 11.7 Å². The minimum absolute atomic E-state index is 0.0304. The van der Waals surface area contributed by atoms with Crippen molar-refractivity contribution in [1.29, 1.82) is 5.26 Å². The van der Waals surface area contributed by atoms with Gasteiger partial charge < -0.3 is 10.1 Å². The summed E-state index contributed by atoms with van der Waals surface area (Å²) in [4.78, 5) is 12.5. The number of rotatable bonds is 7. The van der Waals surface area contributed by atoms with Crippen molar-refractivity contribution in [1.82, 2.24) is 0 Å². The molecule has 162 valence electrons. The van der Waals surface area contributed by atoms with E-state index in [1.807, 2.05) is 13.0 Å². The highest BCUT2D eigenvalue weighted by Gasteiger charge is 2.15. The molecule has 0 saturated heterocycles. The molecule has 1 amide bonds. The van der Waals surface area contributed by atoms with Gasteiger partial charge in [0.2, 0.25) is 0 Å². The molecule has 0 bridgehead atoms. The molecule has 7 heteroatoms. The molecule has 0 aliphatic rings. The summed E-state index contributed by atoms with van der Waals surface area (Å²) in [6.07, 6.45) is 1.69. The molecular weight excluding hydrogens is 434 g/mol. The number of nitriles is 1. The third kappa shape index (κ3) is 5.71. The zero-order chi connectivity index (χ0) is 23.1. The molecule has 0 radical (unpaired) electrons. The minimum atomic E-state index is -0.754. The normalized spacial score (nSPS) is 11.0. The summed E-state index contributed by atoms with van der Waals surface area (Å²) >= 11 is 6.48. The highest BCUT2D eigenvalue weighted by molar-refractivity contribution is 6.31. The fourth-order valence-corrected chi connectivity index (χ4v) is 3.37. The lowest BCUT2D eigenvalue weighted by Gasteiger charge is -2.14. The van der Waals surface area contributed by atoms with Crippen LogP contribution in [0.2, 0.25) is 5.02 Å². The molecule has 1 N–H and O–H groups in total. The maximum Gasteiger partial charge on any atom is 0.266 e. The van der Waals surface area contributed by atoms with Crippen molar-refractivity contribution in [3.63, 3.8) is 0 Å². The number of carbonyl (C=O) groups is 1. The Morgan fingerprint density at radius 2 is 1.94 bits per heavy atom. The Labute approximate surface area is 189 Å². The topological polar surface area (TPSA) is 62.1 Å². The second-order valence-electron chi connectivity index (χ2n) is 6.82. The van der Waals surface area contributed by atoms with Gasteiger partial charge in [0.25, 0.3) is 5.91 Å². The summed E-state index contributed by atoms with van der Waals surface area (Å²) < 4.78 is 33.1. The van der Waals surface area contributed by atoms with Gasteiger partial charge in [-0.2, -0.15) is 5.26 Å². The van der Waals surface area contributed by atoms with Crippen LogP contribution in [-0.4, -0.2) is 12.5 Å². The van der Waals surface area contributed by atoms with E-state index in [0.717, 1.165) is 5.56 Å². The Morgan fingerprint density at radius 1 is 1.16 bits per heavy atom. The van der Waals surface area contributed by atoms with Crippen LogP contribution in [0, 0.1) is 23.0 Å². The van der Waals surface area contributed by atoms with E-state index in [1.165, 1.54) is 36.4 Å². The second kappa shape index (κ2) is 10.6. The molecule has 3 aromatic carbocycles. The maximum absolute atomic E-state index is 13.8. The van der Waals surface area contributed by atoms with Gasteiger partial charge in [-0.3, -0.25) is 4.79 Å². The first kappa shape index (κ1) is 23.0. The average molecular weight is 453 g/mol. The van der Waals surface area contributed by atoms with Crippen LogP contribution in [0.4, 0.5) is 14.5 Å². The smallest absolute Gasteiger partial charge is 0.266 e. The largest absolute Gasteiger partial charge is 0.494 e. The summed E-state index contributed by atoms with van der Waals surface area (Å²) in [7, 11) is 0. The average Bonchev–Trinajstić information content (AvgIpc) is 2.76. The van der Waals surface area contributed by atoms with E-state index in [-0.39, 0.29) is 17.1 Å². The standard InChI is InChI=1S/C25H19ClF2N2O2/c1-2-32-24-14-17(13-21(26)20(24)12-16-6-5-7-19(27)11-16)10-18(15-29)25(31)30-23-9-4-3-8-22(23)28/h3-11,13-14H,2,12H2,1H3,(H,30,31)/b18-10+. The van der Waals surface area contributed by atoms with E-state index in [9.17, 15) is 18.8 Å². The van der Waals surface area contributed by atoms with Crippen molar-refractivity contribution in [2.24, 2.45) is 0 Å². The van der Waals surface area contributed by atoms with Crippen LogP contribution in [0.1, 0.15) is 23.6 Å². The number of anilines is 1. The molecule has 3 aromatic rings. The van der Waals surface area contributed by atoms with Crippen molar-refractivity contribution in [3.8, 4) is 11.8 Å². The molecule has 0 heterocycles. The number of para-hydroxylation sites is 1. The Balaban J connectivity index is 1.92. The van der Waals surface area contributed by atoms with E-state index in [2.05, 4.69) is 5.32 Å². The molecular formula is C25H19ClF2N2O2. The molecule has 0 aliphatic heterocycles. The monoisotopic (exact) mass is 452 g/mol. The van der Waals surface area contributed by atoms with Crippen molar-refractivity contribution in [3.05, 3.63) is 99.6 Å². The van der Waals surface area contributed by atoms with Crippen LogP contribution in [0.3, 0.4) is 0 Å². The van der Waals surface area contributed by atoms with E-state index in [0.29, 0.717) is 34.9 Å². The fraction of sp³-hybridized carbons (Fsp3) is 0.120. The van der Waals surface area contributed by atoms with Gasteiger partial charge in [-0.1, -0.05) is 35.9 Å². The van der Waals surface area contributed by atoms with Crippen molar-refractivity contribution >= 4 is 29.3 Å². The first-order valence-electron chi connectivity index (χ1n) is 9.78. The number of halogens is 3. The fourth-order valence-electron chi connectivity index (χ4n) is 3.09. The van der Waals surface area contributed by atoms with Gasteiger partial charge in [0.15, 0.2) is 0 Å². The van der Waals surface area contributed by atoms with Gasteiger partial charge in [0.1, 0.15) is 29.0 Å². The molecule has 0 fully saturated rings. The molecule has 0 spiro atoms. The number of hydrogen-bond donors (Lipinski definition) is 1. The van der Waals surface area contributed by atoms with Gasteiger partial charge in [0, 0.05) is 17.0 Å². The van der Waals surface area contributed by atoms with Crippen molar-refractivity contribution in [2.75, 3.05) is 11.9 Å². The van der Waals surface area contributed by atoms with E-state index in [4.69, 9.17) is 16.3 Å². The predicted molar refractivity (Wildman–Crippen MR) is 120 cm³/mol. The molecule has 0 atom stereocenters. The number of amides is 1. The predicted octanol–water partition coefficient (Wildman–Crippen LogP) is 6.15. The molecule has 0 aromatic heterocycles. The van der Waals surface area contributed by atoms with Crippen LogP contribution in [0.15, 0.2) is 66.2 Å². The van der Waals surface area contributed by atoms with E-state index in [1.54, 1.807) is 30.3 Å². The van der Waals surface area contributed by atoms with Gasteiger partial charge in [-0.25, -0.2) is 8.78 Å². The lowest BCUT2D eigenvalue weighted by Crippen LogP contribution is -2.14. The molecule has 32 heavy (non-hydrogen) atoms. The van der Waals surface area contributed by atoms with Crippen molar-refractivity contribution < 1.29 is 18.3 Å². The third-order valence-corrected chi connectivity index (χ3v) is 4.88. The van der Waals surface area contributed by atoms with E-state index >= 15 is 0 Å². The molecule has 0 aliphatic carbocycles. The Bertz CT molecular complexity index is 1220. The summed E-state index contributed by atoms with van der Waals surface area (Å²) in [5.74, 6) is -1.25. The molecule has 4 nitrogen and oxygen atoms in total. The van der Waals surface area contributed by atoms with Crippen molar-refractivity contribution in [2.45, 2.75) is 13.3 Å². The Kier molecular flexibility index (Phi) is 7.58. The number of nitrogens with one attached hydrogen (secondary N) is 1. The second-order valence-corrected chi connectivity index (χ2v) is 7.23. The number of benzene rings is 3. The van der Waals surface area contributed by atoms with Gasteiger partial charge in [-0.15, -0.1) is 0 Å². The lowest BCUT2D eigenvalue weighted by atomic mass is 10.0. The van der Waals surface area contributed by atoms with Crippen LogP contribution < -0.4 is 10.1 Å². The summed E-state index contributed by atoms with van der Waals surface area (Å²) in [6.45, 7) is 2.17. The molecule has 0 saturated carbocycles. The number of nitrogens with zero attached hydrogens (tertiary/aromatic N) is 1. The maximum atomic E-state index is 13.8. The number of carbonyl (C=O) groups excluding carboxylic acids is 1. The summed E-state index contributed by atoms with van der Waals surface area (Å²) in [5.41, 5.74) is 1.58. The van der Waals surface area contributed by atoms with Crippen LogP contribution >= 0.6 is 11.6 Å². The molecule has 3 rings (SSSR count). The highest BCUT2D eigenvalue weighted by atomic mass is 35.5. The van der Waals surface area contributed by atoms with Gasteiger partial charge in [-0.05, 0) is 60.5 Å². The lowest BCUT2D eigenvalue weighted by molar-refractivity contribution is -0.112. The summed E-state index contributed by atoms with van der Waals surface area (Å²) in [5, 5.41) is 12.2. The zero-order valence-corrected chi connectivity index (χ0v) is 17.9. The minimum Gasteiger partial charge on any atom is -0.494 e. The first-order valence-corrected chi connectivity index (χ1v) is 10.2. The van der Waals surface area contributed by atoms with Crippen LogP contribution in [0.25, 0.3) is 6.08 Å². The first-order chi connectivity index (χ1) is 15.4. The van der Waals surface area contributed by atoms with Gasteiger partial charge >= 0.3 is 0 Å². The zero-order valence-electron chi connectivity index (χ0n) is 17.2. The highest BCUT2D eigenvalue weighted by Crippen LogP contribution is 2.32. The van der Waals surface area contributed by atoms with Crippen LogP contribution in [-0.2, 0) is 11.2 Å².